The van der Waals surface area contributed by atoms with Gasteiger partial charge >= 0.3 is 29.0 Å². The normalized spacial score (nSPS) is 25.8. The summed E-state index contributed by atoms with van der Waals surface area (Å²) in [5, 5.41) is 39.8. The molecule has 0 spiro atoms. The van der Waals surface area contributed by atoms with Crippen LogP contribution in [0.15, 0.2) is 48.8 Å². The van der Waals surface area contributed by atoms with Crippen LogP contribution in [0.2, 0.25) is 0 Å². The van der Waals surface area contributed by atoms with Crippen molar-refractivity contribution in [1.82, 2.24) is 9.97 Å². The van der Waals surface area contributed by atoms with Gasteiger partial charge in [-0.2, -0.15) is 0 Å². The van der Waals surface area contributed by atoms with Gasteiger partial charge in [0.05, 0.1) is 22.2 Å². The molecule has 0 amide bonds. The van der Waals surface area contributed by atoms with Gasteiger partial charge in [-0.1, -0.05) is 39.8 Å². The molecule has 4 atom stereocenters. The van der Waals surface area contributed by atoms with E-state index in [0.717, 1.165) is 11.4 Å². The fourth-order valence-electron chi connectivity index (χ4n) is 5.62. The maximum atomic E-state index is 11.1. The Morgan fingerprint density at radius 3 is 1.14 bits per heavy atom. The molecule has 243 valence electrons. The molecular formula is C30H42CuN2O10. The van der Waals surface area contributed by atoms with Crippen LogP contribution in [0.5, 0.6) is 0 Å². The van der Waals surface area contributed by atoms with Crippen molar-refractivity contribution < 1.29 is 67.6 Å². The predicted octanol–water partition coefficient (Wildman–Crippen LogP) is 1.02. The Hall–Kier alpha value is -3.38. The number of carbonyl (C=O) groups excluding carboxylic acids is 2. The van der Waals surface area contributed by atoms with Crippen LogP contribution in [0.1, 0.15) is 67.2 Å². The van der Waals surface area contributed by atoms with Gasteiger partial charge in [-0.15, -0.1) is 0 Å². The first-order valence-corrected chi connectivity index (χ1v) is 13.1. The number of hydrogen-bond acceptors (Lipinski definition) is 8. The van der Waals surface area contributed by atoms with Crippen LogP contribution in [0, 0.1) is 33.5 Å². The summed E-state index contributed by atoms with van der Waals surface area (Å²) in [6, 6.07) is 11.6. The van der Waals surface area contributed by atoms with Gasteiger partial charge < -0.3 is 41.0 Å². The van der Waals surface area contributed by atoms with Crippen molar-refractivity contribution in [2.45, 2.75) is 67.2 Å². The van der Waals surface area contributed by atoms with E-state index in [4.69, 9.17) is 10.2 Å². The van der Waals surface area contributed by atoms with Crippen LogP contribution in [-0.2, 0) is 36.2 Å². The molecule has 43 heavy (non-hydrogen) atoms. The summed E-state index contributed by atoms with van der Waals surface area (Å²) in [4.78, 5) is 52.2. The number of carboxylic acids is 4. The molecule has 2 aromatic rings. The fourth-order valence-corrected chi connectivity index (χ4v) is 5.62. The summed E-state index contributed by atoms with van der Waals surface area (Å²) in [5.41, 5.74) is -1.60. The zero-order valence-electron chi connectivity index (χ0n) is 25.1. The topological polar surface area (TPSA) is 244 Å². The first kappa shape index (κ1) is 41.8. The minimum absolute atomic E-state index is 0. The summed E-state index contributed by atoms with van der Waals surface area (Å²) in [7, 11) is 0. The molecule has 1 radical (unpaired) electrons. The second-order valence-corrected chi connectivity index (χ2v) is 12.0. The molecule has 4 rings (SSSR count). The summed E-state index contributed by atoms with van der Waals surface area (Å²) < 4.78 is 0. The van der Waals surface area contributed by atoms with Crippen molar-refractivity contribution in [3.63, 3.8) is 0 Å². The Balaban J connectivity index is 0. The van der Waals surface area contributed by atoms with Crippen molar-refractivity contribution in [1.29, 1.82) is 0 Å². The minimum Gasteiger partial charge on any atom is -0.550 e. The monoisotopic (exact) mass is 653 g/mol. The molecule has 0 unspecified atom stereocenters. The number of pyridine rings is 2. The Bertz CT molecular complexity index is 1130. The van der Waals surface area contributed by atoms with Gasteiger partial charge in [0.2, 0.25) is 0 Å². The molecular weight excluding hydrogens is 612 g/mol. The van der Waals surface area contributed by atoms with Crippen molar-refractivity contribution in [2.24, 2.45) is 33.5 Å². The van der Waals surface area contributed by atoms with E-state index in [-0.39, 0.29) is 28.0 Å². The van der Waals surface area contributed by atoms with Gasteiger partial charge in [0, 0.05) is 36.2 Å². The number of aliphatic carboxylic acids is 4. The van der Waals surface area contributed by atoms with Crippen molar-refractivity contribution in [3.05, 3.63) is 48.8 Å². The molecule has 0 bridgehead atoms. The van der Waals surface area contributed by atoms with Crippen LogP contribution in [0.3, 0.4) is 0 Å². The molecule has 0 saturated heterocycles. The van der Waals surface area contributed by atoms with E-state index in [1.807, 2.05) is 36.4 Å². The molecule has 2 fully saturated rings. The van der Waals surface area contributed by atoms with Gasteiger partial charge in [-0.3, -0.25) is 19.6 Å². The van der Waals surface area contributed by atoms with Gasteiger partial charge in [-0.05, 0) is 74.6 Å². The minimum atomic E-state index is -1.14. The Morgan fingerprint density at radius 2 is 0.977 bits per heavy atom. The molecule has 2 aliphatic carbocycles. The van der Waals surface area contributed by atoms with Crippen LogP contribution in [0.25, 0.3) is 11.4 Å². The second-order valence-electron chi connectivity index (χ2n) is 12.0. The summed E-state index contributed by atoms with van der Waals surface area (Å²) in [6.45, 7) is 9.98. The van der Waals surface area contributed by atoms with E-state index in [9.17, 15) is 29.4 Å². The van der Waals surface area contributed by atoms with E-state index < -0.39 is 57.4 Å². The van der Waals surface area contributed by atoms with Crippen molar-refractivity contribution in [3.8, 4) is 11.4 Å². The Morgan fingerprint density at radius 1 is 0.674 bits per heavy atom. The smallest absolute Gasteiger partial charge is 0.550 e. The van der Waals surface area contributed by atoms with Crippen LogP contribution in [-0.4, -0.2) is 55.0 Å². The first-order chi connectivity index (χ1) is 18.4. The molecule has 12 nitrogen and oxygen atoms in total. The van der Waals surface area contributed by atoms with E-state index in [0.29, 0.717) is 25.7 Å². The third-order valence-electron chi connectivity index (χ3n) is 9.56. The number of rotatable bonds is 5. The van der Waals surface area contributed by atoms with E-state index in [1.54, 1.807) is 53.9 Å². The quantitative estimate of drug-likeness (QED) is 0.434. The molecule has 0 aliphatic heterocycles. The molecule has 13 heteroatoms. The van der Waals surface area contributed by atoms with Gasteiger partial charge in [0.25, 0.3) is 0 Å². The molecule has 2 saturated carbocycles. The van der Waals surface area contributed by atoms with E-state index in [1.165, 1.54) is 0 Å². The zero-order valence-corrected chi connectivity index (χ0v) is 26.1. The number of hydrogen-bond donors (Lipinski definition) is 2. The summed E-state index contributed by atoms with van der Waals surface area (Å²) in [6.07, 6.45) is 5.10. The Labute approximate surface area is 262 Å². The third-order valence-corrected chi connectivity index (χ3v) is 9.56. The van der Waals surface area contributed by atoms with Gasteiger partial charge in [0.15, 0.2) is 0 Å². The number of carbonyl (C=O) groups is 4. The van der Waals surface area contributed by atoms with Crippen LogP contribution in [0.4, 0.5) is 0 Å². The largest absolute Gasteiger partial charge is 2.00 e. The molecule has 2 aromatic heterocycles. The first-order valence-electron chi connectivity index (χ1n) is 13.1. The molecule has 2 heterocycles. The fraction of sp³-hybridized carbons (Fsp3) is 0.533. The second kappa shape index (κ2) is 15.9. The maximum absolute atomic E-state index is 11.1. The van der Waals surface area contributed by atoms with Crippen LogP contribution < -0.4 is 10.2 Å². The van der Waals surface area contributed by atoms with E-state index in [2.05, 4.69) is 9.97 Å². The average Bonchev–Trinajstić information content (AvgIpc) is 3.30. The number of carboxylic acid groups (broad SMARTS) is 4. The average molecular weight is 654 g/mol. The van der Waals surface area contributed by atoms with E-state index >= 15 is 0 Å². The predicted molar refractivity (Wildman–Crippen MR) is 149 cm³/mol. The number of aromatic nitrogens is 2. The summed E-state index contributed by atoms with van der Waals surface area (Å²) >= 11 is 0. The van der Waals surface area contributed by atoms with Gasteiger partial charge in [-0.25, -0.2) is 0 Å². The standard InChI is InChI=1S/C10H8N2.2C10H16O4.Cu.2H2O/c1-3-7-11-9(5-1)10-6-2-4-8-12-10;2*1-9(2)6(7(11)12)4-5-10(9,3)8(13)14;;;/h1-8H;2*6H,4-5H2,1-3H3,(H,11,12)(H,13,14);;2*1H2/q;;;+2;;/p-2/t;2*6-,10+;;;/m.11.../s1. The van der Waals surface area contributed by atoms with Gasteiger partial charge in [0.1, 0.15) is 0 Å². The Kier molecular flexibility index (Phi) is 15.4. The SMILES string of the molecule is CC1(C)[C@@H](C(=O)[O-])CC[C@@]1(C)C(=O)O.CC1(C)[C@@H](C(=O)[O-])CC[C@@]1(C)C(=O)O.O.O.[Cu+2].c1ccc(-c2ccccn2)nc1. The number of nitrogens with zero attached hydrogens (tertiary/aromatic N) is 2. The molecule has 6 N–H and O–H groups in total. The maximum Gasteiger partial charge on any atom is 2.00 e. The van der Waals surface area contributed by atoms with Crippen molar-refractivity contribution in [2.75, 3.05) is 0 Å². The zero-order chi connectivity index (χ0) is 30.5. The molecule has 0 aromatic carbocycles. The van der Waals surface area contributed by atoms with Crippen molar-refractivity contribution >= 4 is 23.9 Å². The third kappa shape index (κ3) is 8.38. The molecule has 2 aliphatic rings. The van der Waals surface area contributed by atoms with Crippen LogP contribution >= 0.6 is 0 Å². The summed E-state index contributed by atoms with van der Waals surface area (Å²) in [5.74, 6) is -5.45.